The van der Waals surface area contributed by atoms with E-state index in [1.807, 2.05) is 0 Å². The van der Waals surface area contributed by atoms with Crippen molar-refractivity contribution >= 4 is 11.6 Å². The number of nitrogens with zero attached hydrogens (tertiary/aromatic N) is 3. The SMILES string of the molecule is CC(C)NC(=O)c1cc2nc(C(C)(C)C)cc(C(F)(F)F)n2n1. The predicted molar refractivity (Wildman–Crippen MR) is 79.3 cm³/mol. The van der Waals surface area contributed by atoms with Gasteiger partial charge in [0.05, 0.1) is 5.69 Å². The van der Waals surface area contributed by atoms with Crippen LogP contribution in [0.1, 0.15) is 56.5 Å². The van der Waals surface area contributed by atoms with E-state index in [0.717, 1.165) is 6.07 Å². The molecule has 8 heteroatoms. The van der Waals surface area contributed by atoms with E-state index in [9.17, 15) is 18.0 Å². The fourth-order valence-electron chi connectivity index (χ4n) is 2.01. The molecule has 0 aromatic carbocycles. The number of hydrogen-bond acceptors (Lipinski definition) is 3. The molecule has 0 saturated carbocycles. The molecule has 1 N–H and O–H groups in total. The van der Waals surface area contributed by atoms with Gasteiger partial charge in [0.15, 0.2) is 11.3 Å². The van der Waals surface area contributed by atoms with E-state index in [1.54, 1.807) is 34.6 Å². The molecule has 2 heterocycles. The lowest BCUT2D eigenvalue weighted by atomic mass is 9.91. The number of hydrogen-bond donors (Lipinski definition) is 1. The van der Waals surface area contributed by atoms with Crippen LogP contribution >= 0.6 is 0 Å². The second kappa shape index (κ2) is 5.50. The van der Waals surface area contributed by atoms with Gasteiger partial charge in [-0.25, -0.2) is 9.50 Å². The number of halogens is 3. The Kier molecular flexibility index (Phi) is 4.13. The Hall–Kier alpha value is -2.12. The second-order valence-electron chi connectivity index (χ2n) is 6.70. The van der Waals surface area contributed by atoms with Crippen LogP contribution in [0.5, 0.6) is 0 Å². The Morgan fingerprint density at radius 1 is 1.22 bits per heavy atom. The summed E-state index contributed by atoms with van der Waals surface area (Å²) in [6.45, 7) is 8.83. The maximum Gasteiger partial charge on any atom is 0.433 e. The summed E-state index contributed by atoms with van der Waals surface area (Å²) >= 11 is 0. The summed E-state index contributed by atoms with van der Waals surface area (Å²) in [6, 6.07) is 2.10. The van der Waals surface area contributed by atoms with Gasteiger partial charge in [-0.1, -0.05) is 20.8 Å². The van der Waals surface area contributed by atoms with Crippen LogP contribution in [0.3, 0.4) is 0 Å². The molecule has 2 aromatic heterocycles. The van der Waals surface area contributed by atoms with Crippen molar-refractivity contribution in [1.29, 1.82) is 0 Å². The first-order valence-electron chi connectivity index (χ1n) is 7.19. The zero-order valence-electron chi connectivity index (χ0n) is 13.6. The average molecular weight is 328 g/mol. The minimum Gasteiger partial charge on any atom is -0.348 e. The highest BCUT2D eigenvalue weighted by Crippen LogP contribution is 2.32. The fraction of sp³-hybridized carbons (Fsp3) is 0.533. The molecular formula is C15H19F3N4O. The lowest BCUT2D eigenvalue weighted by molar-refractivity contribution is -0.142. The molecule has 2 rings (SSSR count). The van der Waals surface area contributed by atoms with Crippen molar-refractivity contribution < 1.29 is 18.0 Å². The van der Waals surface area contributed by atoms with Crippen molar-refractivity contribution in [1.82, 2.24) is 19.9 Å². The van der Waals surface area contributed by atoms with Crippen molar-refractivity contribution in [3.63, 3.8) is 0 Å². The first-order chi connectivity index (χ1) is 10.4. The van der Waals surface area contributed by atoms with Crippen LogP contribution in [0.25, 0.3) is 5.65 Å². The number of aromatic nitrogens is 3. The molecule has 0 saturated heterocycles. The highest BCUT2D eigenvalue weighted by molar-refractivity contribution is 5.93. The third-order valence-corrected chi connectivity index (χ3v) is 3.14. The van der Waals surface area contributed by atoms with Gasteiger partial charge in [0, 0.05) is 17.5 Å². The maximum absolute atomic E-state index is 13.3. The van der Waals surface area contributed by atoms with Gasteiger partial charge in [0.25, 0.3) is 5.91 Å². The van der Waals surface area contributed by atoms with Gasteiger partial charge in [-0.2, -0.15) is 18.3 Å². The normalized spacial score (nSPS) is 12.9. The Morgan fingerprint density at radius 3 is 2.30 bits per heavy atom. The molecule has 23 heavy (non-hydrogen) atoms. The molecule has 0 spiro atoms. The number of carbonyl (C=O) groups is 1. The van der Waals surface area contributed by atoms with Gasteiger partial charge in [-0.05, 0) is 19.9 Å². The third kappa shape index (κ3) is 3.62. The molecule has 0 bridgehead atoms. The van der Waals surface area contributed by atoms with Crippen molar-refractivity contribution in [3.05, 3.63) is 29.2 Å². The van der Waals surface area contributed by atoms with Gasteiger partial charge in [-0.15, -0.1) is 0 Å². The average Bonchev–Trinajstić information content (AvgIpc) is 2.77. The van der Waals surface area contributed by atoms with Gasteiger partial charge in [0.1, 0.15) is 5.69 Å². The minimum absolute atomic E-state index is 0.00124. The van der Waals surface area contributed by atoms with Crippen LogP contribution in [-0.4, -0.2) is 26.5 Å². The summed E-state index contributed by atoms with van der Waals surface area (Å²) in [6.07, 6.45) is -4.60. The largest absolute Gasteiger partial charge is 0.433 e. The van der Waals surface area contributed by atoms with Crippen LogP contribution in [0.2, 0.25) is 0 Å². The number of nitrogens with one attached hydrogen (secondary N) is 1. The van der Waals surface area contributed by atoms with Crippen molar-refractivity contribution in [2.45, 2.75) is 52.3 Å². The quantitative estimate of drug-likeness (QED) is 0.921. The second-order valence-corrected chi connectivity index (χ2v) is 6.70. The highest BCUT2D eigenvalue weighted by atomic mass is 19.4. The molecule has 0 aliphatic carbocycles. The lowest BCUT2D eigenvalue weighted by Crippen LogP contribution is -2.30. The van der Waals surface area contributed by atoms with E-state index >= 15 is 0 Å². The topological polar surface area (TPSA) is 59.3 Å². The number of carbonyl (C=O) groups excluding carboxylic acids is 1. The molecule has 0 aliphatic heterocycles. The number of fused-ring (bicyclic) bond motifs is 1. The minimum atomic E-state index is -4.60. The number of amides is 1. The van der Waals surface area contributed by atoms with Gasteiger partial charge < -0.3 is 5.32 Å². The molecule has 0 radical (unpaired) electrons. The molecule has 1 amide bonds. The first kappa shape index (κ1) is 17.2. The van der Waals surface area contributed by atoms with Crippen LogP contribution in [0.15, 0.2) is 12.1 Å². The van der Waals surface area contributed by atoms with E-state index in [4.69, 9.17) is 0 Å². The summed E-state index contributed by atoms with van der Waals surface area (Å²) in [5.74, 6) is -0.532. The monoisotopic (exact) mass is 328 g/mol. The molecule has 0 aliphatic rings. The standard InChI is InChI=1S/C15H19F3N4O/c1-8(2)19-13(23)9-6-12-20-10(14(3,4)5)7-11(15(16,17)18)22(12)21-9/h6-8H,1-5H3,(H,19,23). The summed E-state index contributed by atoms with van der Waals surface area (Å²) in [4.78, 5) is 16.2. The fourth-order valence-corrected chi connectivity index (χ4v) is 2.01. The first-order valence-corrected chi connectivity index (χ1v) is 7.19. The Labute approximate surface area is 131 Å². The van der Waals surface area contributed by atoms with Crippen LogP contribution in [0, 0.1) is 0 Å². The summed E-state index contributed by atoms with van der Waals surface area (Å²) in [5.41, 5.74) is -1.32. The van der Waals surface area contributed by atoms with Crippen LogP contribution in [-0.2, 0) is 11.6 Å². The summed E-state index contributed by atoms with van der Waals surface area (Å²) in [7, 11) is 0. The van der Waals surface area contributed by atoms with Gasteiger partial charge in [-0.3, -0.25) is 4.79 Å². The Balaban J connectivity index is 2.66. The van der Waals surface area contributed by atoms with E-state index in [-0.39, 0.29) is 23.1 Å². The molecule has 2 aromatic rings. The number of alkyl halides is 3. The molecule has 0 unspecified atom stereocenters. The van der Waals surface area contributed by atoms with E-state index in [1.165, 1.54) is 6.07 Å². The van der Waals surface area contributed by atoms with Gasteiger partial charge >= 0.3 is 6.18 Å². The van der Waals surface area contributed by atoms with E-state index < -0.39 is 23.2 Å². The predicted octanol–water partition coefficient (Wildman–Crippen LogP) is 3.18. The number of rotatable bonds is 2. The molecule has 5 nitrogen and oxygen atoms in total. The Bertz CT molecular complexity index is 741. The molecular weight excluding hydrogens is 309 g/mol. The van der Waals surface area contributed by atoms with Crippen molar-refractivity contribution in [3.8, 4) is 0 Å². The zero-order chi connectivity index (χ0) is 17.6. The zero-order valence-corrected chi connectivity index (χ0v) is 13.6. The van der Waals surface area contributed by atoms with Crippen LogP contribution in [0.4, 0.5) is 13.2 Å². The van der Waals surface area contributed by atoms with Crippen molar-refractivity contribution in [2.24, 2.45) is 0 Å². The van der Waals surface area contributed by atoms with Gasteiger partial charge in [0.2, 0.25) is 0 Å². The molecule has 126 valence electrons. The highest BCUT2D eigenvalue weighted by Gasteiger charge is 2.36. The smallest absolute Gasteiger partial charge is 0.348 e. The van der Waals surface area contributed by atoms with E-state index in [0.29, 0.717) is 4.52 Å². The summed E-state index contributed by atoms with van der Waals surface area (Å²) < 4.78 is 40.6. The van der Waals surface area contributed by atoms with E-state index in [2.05, 4.69) is 15.4 Å². The van der Waals surface area contributed by atoms with Crippen molar-refractivity contribution in [2.75, 3.05) is 0 Å². The molecule has 0 atom stereocenters. The maximum atomic E-state index is 13.3. The third-order valence-electron chi connectivity index (χ3n) is 3.14. The lowest BCUT2D eigenvalue weighted by Gasteiger charge is -2.19. The summed E-state index contributed by atoms with van der Waals surface area (Å²) in [5, 5.41) is 6.38. The molecule has 0 fully saturated rings. The Morgan fingerprint density at radius 2 is 1.83 bits per heavy atom. The van der Waals surface area contributed by atoms with Crippen LogP contribution < -0.4 is 5.32 Å².